The van der Waals surface area contributed by atoms with Crippen LogP contribution < -0.4 is 16.0 Å². The lowest BCUT2D eigenvalue weighted by Gasteiger charge is -2.27. The molecule has 0 aliphatic carbocycles. The minimum absolute atomic E-state index is 0.0387. The van der Waals surface area contributed by atoms with Crippen molar-refractivity contribution in [1.82, 2.24) is 9.88 Å². The van der Waals surface area contributed by atoms with Crippen molar-refractivity contribution in [3.63, 3.8) is 0 Å². The number of aromatic nitrogens is 1. The minimum atomic E-state index is -0.0916. The van der Waals surface area contributed by atoms with E-state index in [1.54, 1.807) is 37.1 Å². The SMILES string of the molecule is CCC(=O)Nc1ccc(C(=N)c2cc3sc(N(C)C(=O)CN4CCOCC4)cc3[nH]2)c(N)c1. The monoisotopic (exact) mass is 468 g/mol. The van der Waals surface area contributed by atoms with Crippen LogP contribution >= 0.6 is 11.3 Å². The molecule has 0 radical (unpaired) electrons. The number of ether oxygens (including phenoxy) is 1. The summed E-state index contributed by atoms with van der Waals surface area (Å²) >= 11 is 1.50. The van der Waals surface area contributed by atoms with E-state index in [1.165, 1.54) is 11.3 Å². The molecule has 2 amide bonds. The van der Waals surface area contributed by atoms with Gasteiger partial charge in [-0.15, -0.1) is 11.3 Å². The molecule has 1 aromatic carbocycles. The summed E-state index contributed by atoms with van der Waals surface area (Å²) in [6.07, 6.45) is 0.382. The predicted octanol–water partition coefficient (Wildman–Crippen LogP) is 2.87. The lowest BCUT2D eigenvalue weighted by molar-refractivity contribution is -0.120. The first-order chi connectivity index (χ1) is 15.9. The highest BCUT2D eigenvalue weighted by atomic mass is 32.1. The molecular weight excluding hydrogens is 440 g/mol. The van der Waals surface area contributed by atoms with Crippen LogP contribution in [-0.2, 0) is 14.3 Å². The quantitative estimate of drug-likeness (QED) is 0.313. The fourth-order valence-electron chi connectivity index (χ4n) is 3.65. The molecule has 1 fully saturated rings. The zero-order valence-corrected chi connectivity index (χ0v) is 19.6. The molecule has 0 saturated carbocycles. The Morgan fingerprint density at radius 3 is 2.70 bits per heavy atom. The van der Waals surface area contributed by atoms with Crippen LogP contribution in [0.15, 0.2) is 30.3 Å². The lowest BCUT2D eigenvalue weighted by Crippen LogP contribution is -2.43. The average Bonchev–Trinajstić information content (AvgIpc) is 3.38. The topological polar surface area (TPSA) is 128 Å². The Balaban J connectivity index is 1.47. The second kappa shape index (κ2) is 9.74. The Kier molecular flexibility index (Phi) is 6.77. The van der Waals surface area contributed by atoms with Crippen molar-refractivity contribution in [3.8, 4) is 0 Å². The molecule has 33 heavy (non-hydrogen) atoms. The van der Waals surface area contributed by atoms with E-state index in [-0.39, 0.29) is 17.5 Å². The third-order valence-electron chi connectivity index (χ3n) is 5.65. The summed E-state index contributed by atoms with van der Waals surface area (Å²) in [7, 11) is 1.79. The molecule has 1 aliphatic rings. The van der Waals surface area contributed by atoms with Gasteiger partial charge in [-0.25, -0.2) is 0 Å². The number of nitrogens with zero attached hydrogens (tertiary/aromatic N) is 2. The number of aromatic amines is 1. The fraction of sp³-hybridized carbons (Fsp3) is 0.348. The van der Waals surface area contributed by atoms with Gasteiger partial charge in [0.25, 0.3) is 0 Å². The molecule has 1 aliphatic heterocycles. The fourth-order valence-corrected chi connectivity index (χ4v) is 4.69. The highest BCUT2D eigenvalue weighted by Gasteiger charge is 2.20. The minimum Gasteiger partial charge on any atom is -0.398 e. The van der Waals surface area contributed by atoms with Crippen LogP contribution in [-0.4, -0.2) is 67.3 Å². The Hall–Kier alpha value is -3.21. The van der Waals surface area contributed by atoms with Crippen molar-refractivity contribution < 1.29 is 14.3 Å². The molecular formula is C23H28N6O3S. The lowest BCUT2D eigenvalue weighted by atomic mass is 10.0. The molecule has 0 unspecified atom stereocenters. The molecule has 4 rings (SSSR count). The second-order valence-corrected chi connectivity index (χ2v) is 9.03. The number of carbonyl (C=O) groups excluding carboxylic acids is 2. The number of fused-ring (bicyclic) bond motifs is 1. The van der Waals surface area contributed by atoms with E-state index in [1.807, 2.05) is 12.1 Å². The first kappa shape index (κ1) is 23.0. The number of likely N-dealkylation sites (N-methyl/N-ethyl adjacent to an activating group) is 1. The maximum atomic E-state index is 12.7. The maximum absolute atomic E-state index is 12.7. The second-order valence-electron chi connectivity index (χ2n) is 7.97. The normalized spacial score (nSPS) is 14.4. The highest BCUT2D eigenvalue weighted by Crippen LogP contribution is 2.33. The summed E-state index contributed by atoms with van der Waals surface area (Å²) in [6, 6.07) is 8.97. The van der Waals surface area contributed by atoms with E-state index in [0.717, 1.165) is 28.3 Å². The number of nitrogen functional groups attached to an aromatic ring is 1. The largest absolute Gasteiger partial charge is 0.398 e. The van der Waals surface area contributed by atoms with E-state index in [0.29, 0.717) is 48.8 Å². The molecule has 0 atom stereocenters. The predicted molar refractivity (Wildman–Crippen MR) is 133 cm³/mol. The maximum Gasteiger partial charge on any atom is 0.241 e. The molecule has 10 heteroatoms. The van der Waals surface area contributed by atoms with Gasteiger partial charge in [-0.05, 0) is 30.3 Å². The molecule has 3 aromatic rings. The van der Waals surface area contributed by atoms with Gasteiger partial charge in [0.05, 0.1) is 41.4 Å². The highest BCUT2D eigenvalue weighted by molar-refractivity contribution is 7.23. The number of morpholine rings is 1. The molecule has 3 heterocycles. The Morgan fingerprint density at radius 2 is 2.03 bits per heavy atom. The molecule has 0 bridgehead atoms. The zero-order valence-electron chi connectivity index (χ0n) is 18.7. The molecule has 0 spiro atoms. The van der Waals surface area contributed by atoms with Crippen LogP contribution in [0.1, 0.15) is 24.6 Å². The van der Waals surface area contributed by atoms with Gasteiger partial charge in [0.15, 0.2) is 0 Å². The van der Waals surface area contributed by atoms with Gasteiger partial charge in [0.2, 0.25) is 11.8 Å². The molecule has 2 aromatic heterocycles. The summed E-state index contributed by atoms with van der Waals surface area (Å²) in [5.74, 6) is -0.0529. The van der Waals surface area contributed by atoms with Crippen LogP contribution in [0.25, 0.3) is 10.2 Å². The average molecular weight is 469 g/mol. The van der Waals surface area contributed by atoms with E-state index in [2.05, 4.69) is 15.2 Å². The molecule has 1 saturated heterocycles. The number of H-pyrrole nitrogens is 1. The van der Waals surface area contributed by atoms with Crippen LogP contribution in [0, 0.1) is 5.41 Å². The van der Waals surface area contributed by atoms with Crippen LogP contribution in [0.3, 0.4) is 0 Å². The summed E-state index contributed by atoms with van der Waals surface area (Å²) < 4.78 is 6.30. The van der Waals surface area contributed by atoms with E-state index >= 15 is 0 Å². The van der Waals surface area contributed by atoms with Crippen molar-refractivity contribution in [2.24, 2.45) is 0 Å². The van der Waals surface area contributed by atoms with Gasteiger partial charge in [0.1, 0.15) is 5.00 Å². The first-order valence-electron chi connectivity index (χ1n) is 10.8. The number of hydrogen-bond donors (Lipinski definition) is 4. The summed E-state index contributed by atoms with van der Waals surface area (Å²) in [6.45, 7) is 5.01. The number of carbonyl (C=O) groups is 2. The van der Waals surface area contributed by atoms with E-state index in [9.17, 15) is 9.59 Å². The van der Waals surface area contributed by atoms with Crippen molar-refractivity contribution >= 4 is 55.5 Å². The smallest absolute Gasteiger partial charge is 0.241 e. The van der Waals surface area contributed by atoms with E-state index < -0.39 is 0 Å². The number of nitrogens with one attached hydrogen (secondary N) is 3. The standard InChI is InChI=1S/C23H28N6O3S/c1-3-20(30)26-14-4-5-15(16(24)10-14)23(25)18-11-19-17(27-18)12-22(33-19)28(2)21(31)13-29-6-8-32-9-7-29/h4-5,10-12,25,27H,3,6-9,13,24H2,1-2H3,(H,26,30). The summed E-state index contributed by atoms with van der Waals surface area (Å²) in [5.41, 5.74) is 9.54. The number of hydrogen-bond acceptors (Lipinski definition) is 7. The van der Waals surface area contributed by atoms with Gasteiger partial charge in [-0.1, -0.05) is 6.92 Å². The van der Waals surface area contributed by atoms with E-state index in [4.69, 9.17) is 15.9 Å². The molecule has 174 valence electrons. The van der Waals surface area contributed by atoms with Crippen LogP contribution in [0.5, 0.6) is 0 Å². The molecule has 9 nitrogen and oxygen atoms in total. The van der Waals surface area contributed by atoms with Gasteiger partial charge >= 0.3 is 0 Å². The van der Waals surface area contributed by atoms with Gasteiger partial charge in [-0.3, -0.25) is 19.9 Å². The Morgan fingerprint density at radius 1 is 1.27 bits per heavy atom. The van der Waals surface area contributed by atoms with Crippen molar-refractivity contribution in [2.45, 2.75) is 13.3 Å². The number of amides is 2. The third-order valence-corrected chi connectivity index (χ3v) is 6.81. The van der Waals surface area contributed by atoms with Gasteiger partial charge in [0, 0.05) is 43.5 Å². The van der Waals surface area contributed by atoms with Crippen LogP contribution in [0.2, 0.25) is 0 Å². The number of thiophene rings is 1. The van der Waals surface area contributed by atoms with Gasteiger partial charge < -0.3 is 25.7 Å². The summed E-state index contributed by atoms with van der Waals surface area (Å²) in [5, 5.41) is 12.2. The number of benzene rings is 1. The zero-order chi connectivity index (χ0) is 23.5. The number of anilines is 3. The number of rotatable bonds is 7. The van der Waals surface area contributed by atoms with Crippen molar-refractivity contribution in [2.75, 3.05) is 55.8 Å². The Bertz CT molecular complexity index is 1160. The molecule has 5 N–H and O–H groups in total. The van der Waals surface area contributed by atoms with Crippen LogP contribution in [0.4, 0.5) is 16.4 Å². The Labute approximate surface area is 196 Å². The first-order valence-corrected chi connectivity index (χ1v) is 11.6. The third kappa shape index (κ3) is 5.08. The van der Waals surface area contributed by atoms with Crippen molar-refractivity contribution in [3.05, 3.63) is 41.6 Å². The van der Waals surface area contributed by atoms with Gasteiger partial charge in [-0.2, -0.15) is 0 Å². The van der Waals surface area contributed by atoms with Crippen molar-refractivity contribution in [1.29, 1.82) is 5.41 Å². The summed E-state index contributed by atoms with van der Waals surface area (Å²) in [4.78, 5) is 31.3. The number of nitrogens with two attached hydrogens (primary N) is 1.